The lowest BCUT2D eigenvalue weighted by molar-refractivity contribution is 0.0975. The van der Waals surface area contributed by atoms with Crippen LogP contribution in [0.1, 0.15) is 22.1 Å². The standard InChI is InChI=1S/C20H14ClFN2O/c21-14-7-5-13(6-8-14)19-23-18-4-2-1-3-17(18)20(25)24(19)16-11-9-15(22)10-12-16/h1-12,19,23H. The second-order valence-electron chi connectivity index (χ2n) is 5.80. The maximum atomic E-state index is 13.3. The number of carbonyl (C=O) groups is 1. The highest BCUT2D eigenvalue weighted by Crippen LogP contribution is 2.36. The van der Waals surface area contributed by atoms with Crippen LogP contribution in [0.25, 0.3) is 0 Å². The van der Waals surface area contributed by atoms with Gasteiger partial charge in [0.2, 0.25) is 0 Å². The monoisotopic (exact) mass is 352 g/mol. The summed E-state index contributed by atoms with van der Waals surface area (Å²) in [6, 6.07) is 20.6. The van der Waals surface area contributed by atoms with Gasteiger partial charge in [-0.3, -0.25) is 9.69 Å². The van der Waals surface area contributed by atoms with Gasteiger partial charge < -0.3 is 5.32 Å². The van der Waals surface area contributed by atoms with Crippen molar-refractivity contribution in [1.82, 2.24) is 0 Å². The predicted octanol–water partition coefficient (Wildman–Crippen LogP) is 5.25. The molecule has 1 unspecified atom stereocenters. The zero-order valence-corrected chi connectivity index (χ0v) is 13.9. The van der Waals surface area contributed by atoms with Crippen LogP contribution in [0, 0.1) is 5.82 Å². The molecule has 1 aliphatic heterocycles. The zero-order chi connectivity index (χ0) is 17.4. The van der Waals surface area contributed by atoms with Crippen LogP contribution in [0.5, 0.6) is 0 Å². The second kappa shape index (κ2) is 6.22. The zero-order valence-electron chi connectivity index (χ0n) is 13.1. The topological polar surface area (TPSA) is 32.3 Å². The van der Waals surface area contributed by atoms with Crippen LogP contribution in [-0.2, 0) is 0 Å². The fourth-order valence-corrected chi connectivity index (χ4v) is 3.13. The van der Waals surface area contributed by atoms with E-state index in [2.05, 4.69) is 5.32 Å². The number of hydrogen-bond donors (Lipinski definition) is 1. The Labute approximate surface area is 149 Å². The van der Waals surface area contributed by atoms with E-state index < -0.39 is 6.17 Å². The normalized spacial score (nSPS) is 16.3. The van der Waals surface area contributed by atoms with Gasteiger partial charge in [0.25, 0.3) is 5.91 Å². The van der Waals surface area contributed by atoms with Crippen LogP contribution in [-0.4, -0.2) is 5.91 Å². The minimum atomic E-state index is -0.412. The van der Waals surface area contributed by atoms with Crippen molar-refractivity contribution >= 4 is 28.9 Å². The lowest BCUT2D eigenvalue weighted by Gasteiger charge is -2.38. The van der Waals surface area contributed by atoms with Crippen molar-refractivity contribution in [3.05, 3.63) is 94.8 Å². The van der Waals surface area contributed by atoms with E-state index in [1.165, 1.54) is 12.1 Å². The Hall–Kier alpha value is -2.85. The third-order valence-corrected chi connectivity index (χ3v) is 4.47. The SMILES string of the molecule is O=C1c2ccccc2NC(c2ccc(Cl)cc2)N1c1ccc(F)cc1. The quantitative estimate of drug-likeness (QED) is 0.683. The number of anilines is 2. The number of fused-ring (bicyclic) bond motifs is 1. The van der Waals surface area contributed by atoms with Gasteiger partial charge in [0.15, 0.2) is 0 Å². The van der Waals surface area contributed by atoms with Gasteiger partial charge in [-0.2, -0.15) is 0 Å². The van der Waals surface area contributed by atoms with Crippen molar-refractivity contribution in [2.24, 2.45) is 0 Å². The first-order valence-corrected chi connectivity index (χ1v) is 8.21. The highest BCUT2D eigenvalue weighted by Gasteiger charge is 2.33. The van der Waals surface area contributed by atoms with E-state index in [1.54, 1.807) is 35.2 Å². The highest BCUT2D eigenvalue weighted by atomic mass is 35.5. The van der Waals surface area contributed by atoms with E-state index in [4.69, 9.17) is 11.6 Å². The third-order valence-electron chi connectivity index (χ3n) is 4.22. The molecule has 1 amide bonds. The summed E-state index contributed by atoms with van der Waals surface area (Å²) >= 11 is 5.99. The summed E-state index contributed by atoms with van der Waals surface area (Å²) in [5.74, 6) is -0.481. The number of amides is 1. The van der Waals surface area contributed by atoms with Crippen molar-refractivity contribution in [3.8, 4) is 0 Å². The molecule has 0 radical (unpaired) electrons. The molecule has 3 nitrogen and oxygen atoms in total. The number of benzene rings is 3. The Morgan fingerprint density at radius 3 is 2.32 bits per heavy atom. The number of para-hydroxylation sites is 1. The van der Waals surface area contributed by atoms with E-state index in [0.29, 0.717) is 16.3 Å². The van der Waals surface area contributed by atoms with E-state index in [1.807, 2.05) is 30.3 Å². The molecule has 0 aromatic heterocycles. The lowest BCUT2D eigenvalue weighted by atomic mass is 10.0. The van der Waals surface area contributed by atoms with Gasteiger partial charge in [-0.25, -0.2) is 4.39 Å². The summed E-state index contributed by atoms with van der Waals surface area (Å²) in [5.41, 5.74) is 2.85. The van der Waals surface area contributed by atoms with Gasteiger partial charge in [0.05, 0.1) is 5.56 Å². The van der Waals surface area contributed by atoms with Crippen LogP contribution in [0.3, 0.4) is 0 Å². The molecule has 0 bridgehead atoms. The molecule has 4 rings (SSSR count). The Bertz CT molecular complexity index is 925. The number of carbonyl (C=O) groups excluding carboxylic acids is 1. The molecule has 0 spiro atoms. The summed E-state index contributed by atoms with van der Waals surface area (Å²) < 4.78 is 13.3. The fourth-order valence-electron chi connectivity index (χ4n) is 3.00. The molecule has 1 N–H and O–H groups in total. The average molecular weight is 353 g/mol. The Kier molecular flexibility index (Phi) is 3.90. The molecule has 0 saturated carbocycles. The smallest absolute Gasteiger partial charge is 0.262 e. The number of rotatable bonds is 2. The van der Waals surface area contributed by atoms with Gasteiger partial charge in [-0.05, 0) is 54.1 Å². The minimum Gasteiger partial charge on any atom is -0.360 e. The molecule has 0 fully saturated rings. The molecular formula is C20H14ClFN2O. The molecule has 25 heavy (non-hydrogen) atoms. The number of hydrogen-bond acceptors (Lipinski definition) is 2. The molecule has 3 aromatic carbocycles. The molecule has 1 atom stereocenters. The molecule has 0 saturated heterocycles. The number of nitrogens with one attached hydrogen (secondary N) is 1. The first-order chi connectivity index (χ1) is 12.1. The van der Waals surface area contributed by atoms with Gasteiger partial charge in [-0.1, -0.05) is 35.9 Å². The second-order valence-corrected chi connectivity index (χ2v) is 6.23. The lowest BCUT2D eigenvalue weighted by Crippen LogP contribution is -2.43. The summed E-state index contributed by atoms with van der Waals surface area (Å²) in [7, 11) is 0. The third kappa shape index (κ3) is 2.85. The predicted molar refractivity (Wildman–Crippen MR) is 97.5 cm³/mol. The summed E-state index contributed by atoms with van der Waals surface area (Å²) in [4.78, 5) is 14.7. The molecule has 1 aliphatic rings. The van der Waals surface area contributed by atoms with E-state index in [0.717, 1.165) is 11.3 Å². The van der Waals surface area contributed by atoms with Gasteiger partial charge in [0.1, 0.15) is 12.0 Å². The largest absolute Gasteiger partial charge is 0.360 e. The van der Waals surface area contributed by atoms with Crippen molar-refractivity contribution in [2.75, 3.05) is 10.2 Å². The Morgan fingerprint density at radius 1 is 0.920 bits per heavy atom. The van der Waals surface area contributed by atoms with Crippen LogP contribution in [0.15, 0.2) is 72.8 Å². The van der Waals surface area contributed by atoms with E-state index >= 15 is 0 Å². The van der Waals surface area contributed by atoms with Crippen LogP contribution >= 0.6 is 11.6 Å². The summed E-state index contributed by atoms with van der Waals surface area (Å²) in [6.45, 7) is 0. The Balaban J connectivity index is 1.85. The van der Waals surface area contributed by atoms with Crippen LogP contribution in [0.2, 0.25) is 5.02 Å². The van der Waals surface area contributed by atoms with Crippen molar-refractivity contribution in [2.45, 2.75) is 6.17 Å². The molecule has 1 heterocycles. The Morgan fingerprint density at radius 2 is 1.60 bits per heavy atom. The molecule has 5 heteroatoms. The van der Waals surface area contributed by atoms with Crippen LogP contribution in [0.4, 0.5) is 15.8 Å². The molecule has 3 aromatic rings. The molecule has 0 aliphatic carbocycles. The molecular weight excluding hydrogens is 339 g/mol. The molecule has 124 valence electrons. The van der Waals surface area contributed by atoms with Crippen molar-refractivity contribution in [1.29, 1.82) is 0 Å². The maximum Gasteiger partial charge on any atom is 0.262 e. The number of nitrogens with zero attached hydrogens (tertiary/aromatic N) is 1. The van der Waals surface area contributed by atoms with Gasteiger partial charge in [0, 0.05) is 16.4 Å². The first kappa shape index (κ1) is 15.7. The average Bonchev–Trinajstić information content (AvgIpc) is 2.63. The van der Waals surface area contributed by atoms with E-state index in [-0.39, 0.29) is 11.7 Å². The van der Waals surface area contributed by atoms with Crippen molar-refractivity contribution < 1.29 is 9.18 Å². The van der Waals surface area contributed by atoms with Crippen LogP contribution < -0.4 is 10.2 Å². The first-order valence-electron chi connectivity index (χ1n) is 7.83. The van der Waals surface area contributed by atoms with E-state index in [9.17, 15) is 9.18 Å². The minimum absolute atomic E-state index is 0.138. The summed E-state index contributed by atoms with van der Waals surface area (Å²) in [5, 5.41) is 4.02. The summed E-state index contributed by atoms with van der Waals surface area (Å²) in [6.07, 6.45) is -0.412. The van der Waals surface area contributed by atoms with Gasteiger partial charge in [-0.15, -0.1) is 0 Å². The van der Waals surface area contributed by atoms with Crippen molar-refractivity contribution in [3.63, 3.8) is 0 Å². The van der Waals surface area contributed by atoms with Gasteiger partial charge >= 0.3 is 0 Å². The number of halogens is 2. The fraction of sp³-hybridized carbons (Fsp3) is 0.0500. The highest BCUT2D eigenvalue weighted by molar-refractivity contribution is 6.30. The maximum absolute atomic E-state index is 13.3.